The van der Waals surface area contributed by atoms with Crippen molar-refractivity contribution < 1.29 is 14.7 Å². The van der Waals surface area contributed by atoms with E-state index in [1.165, 1.54) is 7.05 Å². The molecular weight excluding hydrogens is 190 g/mol. The van der Waals surface area contributed by atoms with Crippen molar-refractivity contribution in [3.8, 4) is 0 Å². The number of aliphatic carboxylic acids is 1. The Balaban J connectivity index is 2.46. The Morgan fingerprint density at radius 3 is 2.79 bits per heavy atom. The van der Waals surface area contributed by atoms with Gasteiger partial charge in [-0.15, -0.1) is 10.2 Å². The van der Waals surface area contributed by atoms with Crippen LogP contribution < -0.4 is 0 Å². The molecule has 1 rings (SSSR count). The van der Waals surface area contributed by atoms with Gasteiger partial charge >= 0.3 is 5.97 Å². The maximum atomic E-state index is 11.3. The molecule has 1 amide bonds. The number of amides is 1. The van der Waals surface area contributed by atoms with Crippen LogP contribution in [0.5, 0.6) is 0 Å². The van der Waals surface area contributed by atoms with Crippen molar-refractivity contribution in [1.29, 1.82) is 0 Å². The molecule has 0 aliphatic carbocycles. The fraction of sp³-hybridized carbons (Fsp3) is 0.500. The number of nitrogens with zero attached hydrogens (tertiary/aromatic N) is 4. The molecule has 0 unspecified atom stereocenters. The molecule has 0 atom stereocenters. The largest absolute Gasteiger partial charge is 0.480 e. The summed E-state index contributed by atoms with van der Waals surface area (Å²) < 4.78 is 0. The van der Waals surface area contributed by atoms with Crippen LogP contribution in [0.3, 0.4) is 0 Å². The summed E-state index contributed by atoms with van der Waals surface area (Å²) in [7, 11) is 1.40. The van der Waals surface area contributed by atoms with Crippen molar-refractivity contribution >= 4 is 11.9 Å². The van der Waals surface area contributed by atoms with Crippen molar-refractivity contribution in [3.05, 3.63) is 5.82 Å². The maximum absolute atomic E-state index is 11.3. The Labute approximate surface area is 78.9 Å². The highest BCUT2D eigenvalue weighted by Crippen LogP contribution is 1.92. The van der Waals surface area contributed by atoms with Gasteiger partial charge in [-0.25, -0.2) is 0 Å². The molecule has 1 aromatic rings. The molecule has 8 heteroatoms. The lowest BCUT2D eigenvalue weighted by atomic mass is 10.3. The predicted molar refractivity (Wildman–Crippen MR) is 43.2 cm³/mol. The van der Waals surface area contributed by atoms with Crippen molar-refractivity contribution in [2.75, 3.05) is 13.6 Å². The second-order valence-electron chi connectivity index (χ2n) is 2.65. The minimum absolute atomic E-state index is 0.0553. The lowest BCUT2D eigenvalue weighted by Gasteiger charge is -2.12. The molecule has 1 heterocycles. The zero-order chi connectivity index (χ0) is 10.6. The van der Waals surface area contributed by atoms with Gasteiger partial charge < -0.3 is 10.0 Å². The molecule has 0 saturated heterocycles. The van der Waals surface area contributed by atoms with Crippen LogP contribution in [0.4, 0.5) is 0 Å². The molecule has 76 valence electrons. The third kappa shape index (κ3) is 2.81. The summed E-state index contributed by atoms with van der Waals surface area (Å²) in [6.45, 7) is -0.337. The normalized spacial score (nSPS) is 9.79. The summed E-state index contributed by atoms with van der Waals surface area (Å²) >= 11 is 0. The van der Waals surface area contributed by atoms with Gasteiger partial charge in [-0.1, -0.05) is 5.21 Å². The van der Waals surface area contributed by atoms with E-state index < -0.39 is 5.97 Å². The number of rotatable bonds is 4. The van der Waals surface area contributed by atoms with Gasteiger partial charge in [0.2, 0.25) is 5.91 Å². The summed E-state index contributed by atoms with van der Waals surface area (Å²) in [6, 6.07) is 0. The first-order chi connectivity index (χ1) is 6.59. The summed E-state index contributed by atoms with van der Waals surface area (Å²) in [5, 5.41) is 21.0. The Bertz CT molecular complexity index is 322. The average Bonchev–Trinajstić information content (AvgIpc) is 2.55. The van der Waals surface area contributed by atoms with Crippen molar-refractivity contribution in [2.24, 2.45) is 0 Å². The number of aromatic nitrogens is 4. The smallest absolute Gasteiger partial charge is 0.323 e. The zero-order valence-electron chi connectivity index (χ0n) is 7.47. The van der Waals surface area contributed by atoms with E-state index in [9.17, 15) is 9.59 Å². The number of hydrogen-bond donors (Lipinski definition) is 2. The van der Waals surface area contributed by atoms with Crippen LogP contribution in [-0.4, -0.2) is 56.1 Å². The van der Waals surface area contributed by atoms with Crippen LogP contribution in [0.25, 0.3) is 0 Å². The van der Waals surface area contributed by atoms with E-state index in [-0.39, 0.29) is 24.7 Å². The molecule has 0 aromatic carbocycles. The van der Waals surface area contributed by atoms with Crippen LogP contribution in [0.2, 0.25) is 0 Å². The van der Waals surface area contributed by atoms with Gasteiger partial charge in [0.15, 0.2) is 5.82 Å². The molecule has 0 aliphatic rings. The summed E-state index contributed by atoms with van der Waals surface area (Å²) in [4.78, 5) is 22.6. The van der Waals surface area contributed by atoms with Crippen molar-refractivity contribution in [1.82, 2.24) is 25.5 Å². The molecule has 0 aliphatic heterocycles. The SMILES string of the molecule is CN(CC(=O)O)C(=O)Cc1nn[nH]n1. The lowest BCUT2D eigenvalue weighted by Crippen LogP contribution is -2.33. The van der Waals surface area contributed by atoms with Gasteiger partial charge in [0.1, 0.15) is 6.54 Å². The van der Waals surface area contributed by atoms with Crippen molar-refractivity contribution in [2.45, 2.75) is 6.42 Å². The molecule has 1 aromatic heterocycles. The van der Waals surface area contributed by atoms with E-state index in [0.29, 0.717) is 0 Å². The zero-order valence-corrected chi connectivity index (χ0v) is 7.47. The molecule has 0 spiro atoms. The van der Waals surface area contributed by atoms with E-state index >= 15 is 0 Å². The monoisotopic (exact) mass is 199 g/mol. The second-order valence-corrected chi connectivity index (χ2v) is 2.65. The Kier molecular flexibility index (Phi) is 3.10. The number of carboxylic acids is 1. The second kappa shape index (κ2) is 4.30. The lowest BCUT2D eigenvalue weighted by molar-refractivity contribution is -0.143. The number of tetrazole rings is 1. The van der Waals surface area contributed by atoms with E-state index in [4.69, 9.17) is 5.11 Å². The number of hydrogen-bond acceptors (Lipinski definition) is 5. The summed E-state index contributed by atoms with van der Waals surface area (Å²) in [6.07, 6.45) is -0.0553. The van der Waals surface area contributed by atoms with Crippen LogP contribution in [-0.2, 0) is 16.0 Å². The standard InChI is InChI=1S/C6H9N5O3/c1-11(3-6(13)14)5(12)2-4-7-9-10-8-4/h2-3H2,1H3,(H,13,14)(H,7,8,9,10). The average molecular weight is 199 g/mol. The summed E-state index contributed by atoms with van der Waals surface area (Å²) in [5.41, 5.74) is 0. The highest BCUT2D eigenvalue weighted by atomic mass is 16.4. The van der Waals surface area contributed by atoms with E-state index in [1.54, 1.807) is 0 Å². The fourth-order valence-electron chi connectivity index (χ4n) is 0.819. The minimum atomic E-state index is -1.06. The number of aromatic amines is 1. The highest BCUT2D eigenvalue weighted by Gasteiger charge is 2.14. The van der Waals surface area contributed by atoms with E-state index in [0.717, 1.165) is 4.90 Å². The van der Waals surface area contributed by atoms with Gasteiger partial charge in [-0.2, -0.15) is 5.21 Å². The van der Waals surface area contributed by atoms with Gasteiger partial charge in [0.25, 0.3) is 0 Å². The third-order valence-corrected chi connectivity index (χ3v) is 1.50. The number of carbonyl (C=O) groups excluding carboxylic acids is 1. The third-order valence-electron chi connectivity index (χ3n) is 1.50. The first kappa shape index (κ1) is 10.1. The van der Waals surface area contributed by atoms with Gasteiger partial charge in [-0.3, -0.25) is 9.59 Å². The maximum Gasteiger partial charge on any atom is 0.323 e. The number of H-pyrrole nitrogens is 1. The van der Waals surface area contributed by atoms with Crippen molar-refractivity contribution in [3.63, 3.8) is 0 Å². The quantitative estimate of drug-likeness (QED) is 0.596. The molecule has 2 N–H and O–H groups in total. The van der Waals surface area contributed by atoms with Crippen LogP contribution in [0, 0.1) is 0 Å². The van der Waals surface area contributed by atoms with Gasteiger partial charge in [-0.05, 0) is 0 Å². The fourth-order valence-corrected chi connectivity index (χ4v) is 0.819. The molecule has 0 fully saturated rings. The number of carboxylic acid groups (broad SMARTS) is 1. The van der Waals surface area contributed by atoms with E-state index in [2.05, 4.69) is 20.6 Å². The first-order valence-electron chi connectivity index (χ1n) is 3.77. The number of carbonyl (C=O) groups is 2. The van der Waals surface area contributed by atoms with Crippen LogP contribution in [0.15, 0.2) is 0 Å². The number of nitrogens with one attached hydrogen (secondary N) is 1. The van der Waals surface area contributed by atoms with Crippen LogP contribution >= 0.6 is 0 Å². The summed E-state index contributed by atoms with van der Waals surface area (Å²) in [5.74, 6) is -1.19. The number of likely N-dealkylation sites (N-methyl/N-ethyl adjacent to an activating group) is 1. The molecule has 14 heavy (non-hydrogen) atoms. The van der Waals surface area contributed by atoms with Crippen LogP contribution in [0.1, 0.15) is 5.82 Å². The first-order valence-corrected chi connectivity index (χ1v) is 3.77. The topological polar surface area (TPSA) is 112 Å². The Morgan fingerprint density at radius 1 is 1.57 bits per heavy atom. The molecule has 0 saturated carbocycles. The van der Waals surface area contributed by atoms with Gasteiger partial charge in [0.05, 0.1) is 6.42 Å². The molecule has 0 bridgehead atoms. The highest BCUT2D eigenvalue weighted by molar-refractivity contribution is 5.82. The Hall–Kier alpha value is -1.99. The Morgan fingerprint density at radius 2 is 2.29 bits per heavy atom. The molecule has 8 nitrogen and oxygen atoms in total. The van der Waals surface area contributed by atoms with Gasteiger partial charge in [0, 0.05) is 7.05 Å². The minimum Gasteiger partial charge on any atom is -0.480 e. The molecular formula is C6H9N5O3. The van der Waals surface area contributed by atoms with E-state index in [1.807, 2.05) is 0 Å². The molecule has 0 radical (unpaired) electrons. The predicted octanol–water partition coefficient (Wildman–Crippen LogP) is -1.71.